The van der Waals surface area contributed by atoms with Crippen LogP contribution in [0.5, 0.6) is 0 Å². The summed E-state index contributed by atoms with van der Waals surface area (Å²) < 4.78 is 1.08. The quantitative estimate of drug-likeness (QED) is 0.900. The molecule has 1 fully saturated rings. The van der Waals surface area contributed by atoms with E-state index in [2.05, 4.69) is 33.4 Å². The summed E-state index contributed by atoms with van der Waals surface area (Å²) in [5, 5.41) is 12.3. The summed E-state index contributed by atoms with van der Waals surface area (Å²) in [5.74, 6) is 0.208. The summed E-state index contributed by atoms with van der Waals surface area (Å²) in [4.78, 5) is 10.6. The van der Waals surface area contributed by atoms with Crippen molar-refractivity contribution in [2.45, 2.75) is 17.7 Å². The molecule has 3 nitrogen and oxygen atoms in total. The van der Waals surface area contributed by atoms with Crippen molar-refractivity contribution in [3.8, 4) is 0 Å². The molecule has 2 N–H and O–H groups in total. The number of carboxylic acids is 1. The normalized spacial score (nSPS) is 24.5. The van der Waals surface area contributed by atoms with Gasteiger partial charge >= 0.3 is 5.97 Å². The van der Waals surface area contributed by atoms with Gasteiger partial charge in [-0.1, -0.05) is 28.1 Å². The molecule has 0 amide bonds. The minimum atomic E-state index is -0.717. The third-order valence-electron chi connectivity index (χ3n) is 2.74. The van der Waals surface area contributed by atoms with Crippen molar-refractivity contribution >= 4 is 33.7 Å². The molecule has 1 aromatic carbocycles. The maximum absolute atomic E-state index is 10.6. The fraction of sp³-hybridized carbons (Fsp3) is 0.417. The fourth-order valence-electron chi connectivity index (χ4n) is 1.89. The van der Waals surface area contributed by atoms with Gasteiger partial charge in [0.1, 0.15) is 0 Å². The molecule has 1 aromatic rings. The number of benzene rings is 1. The molecule has 0 aromatic heterocycles. The average Bonchev–Trinajstić information content (AvgIpc) is 2.29. The van der Waals surface area contributed by atoms with Gasteiger partial charge in [-0.25, -0.2) is 0 Å². The highest BCUT2D eigenvalue weighted by atomic mass is 79.9. The molecule has 5 heteroatoms. The Bertz CT molecular complexity index is 405. The van der Waals surface area contributed by atoms with Crippen LogP contribution in [0.1, 0.15) is 18.0 Å². The molecule has 0 aliphatic carbocycles. The van der Waals surface area contributed by atoms with Gasteiger partial charge in [-0.3, -0.25) is 4.79 Å². The molecule has 0 radical (unpaired) electrons. The number of hydrogen-bond donors (Lipinski definition) is 2. The Balaban J connectivity index is 1.93. The molecule has 2 unspecified atom stereocenters. The molecule has 92 valence electrons. The Morgan fingerprint density at radius 3 is 3.00 bits per heavy atom. The Hall–Kier alpha value is -0.520. The van der Waals surface area contributed by atoms with Crippen LogP contribution < -0.4 is 5.32 Å². The Kier molecular flexibility index (Phi) is 4.48. The average molecular weight is 316 g/mol. The highest BCUT2D eigenvalue weighted by molar-refractivity contribution is 9.10. The van der Waals surface area contributed by atoms with E-state index in [4.69, 9.17) is 5.11 Å². The van der Waals surface area contributed by atoms with Crippen molar-refractivity contribution < 1.29 is 9.90 Å². The SMILES string of the molecule is O=C(O)CC1CNC(c2cccc(Br)c2)CS1. The van der Waals surface area contributed by atoms with Crippen molar-refractivity contribution in [2.24, 2.45) is 0 Å². The predicted molar refractivity (Wildman–Crippen MR) is 73.4 cm³/mol. The smallest absolute Gasteiger partial charge is 0.304 e. The zero-order valence-corrected chi connectivity index (χ0v) is 11.6. The molecular weight excluding hydrogens is 302 g/mol. The van der Waals surface area contributed by atoms with Crippen molar-refractivity contribution in [3.05, 3.63) is 34.3 Å². The second kappa shape index (κ2) is 5.89. The van der Waals surface area contributed by atoms with Crippen LogP contribution in [0.25, 0.3) is 0 Å². The van der Waals surface area contributed by atoms with Crippen molar-refractivity contribution in [1.29, 1.82) is 0 Å². The van der Waals surface area contributed by atoms with Crippen LogP contribution in [0.15, 0.2) is 28.7 Å². The molecule has 1 aliphatic heterocycles. The molecule has 1 aliphatic rings. The van der Waals surface area contributed by atoms with Gasteiger partial charge in [-0.15, -0.1) is 0 Å². The molecule has 17 heavy (non-hydrogen) atoms. The van der Waals surface area contributed by atoms with Crippen LogP contribution in [0, 0.1) is 0 Å². The molecule has 1 heterocycles. The van der Waals surface area contributed by atoms with E-state index in [1.807, 2.05) is 12.1 Å². The van der Waals surface area contributed by atoms with Crippen molar-refractivity contribution in [3.63, 3.8) is 0 Å². The summed E-state index contributed by atoms with van der Waals surface area (Å²) in [6.07, 6.45) is 0.239. The van der Waals surface area contributed by atoms with Crippen LogP contribution in [0.4, 0.5) is 0 Å². The number of hydrogen-bond acceptors (Lipinski definition) is 3. The molecule has 2 rings (SSSR count). The largest absolute Gasteiger partial charge is 0.481 e. The van der Waals surface area contributed by atoms with Crippen LogP contribution in [0.3, 0.4) is 0 Å². The van der Waals surface area contributed by atoms with E-state index in [1.165, 1.54) is 5.56 Å². The lowest BCUT2D eigenvalue weighted by molar-refractivity contribution is -0.136. The third-order valence-corrected chi connectivity index (χ3v) is 4.57. The molecule has 0 bridgehead atoms. The summed E-state index contributed by atoms with van der Waals surface area (Å²) in [5.41, 5.74) is 1.25. The van der Waals surface area contributed by atoms with E-state index in [-0.39, 0.29) is 11.7 Å². The number of halogens is 1. The van der Waals surface area contributed by atoms with Crippen molar-refractivity contribution in [2.75, 3.05) is 12.3 Å². The first-order valence-corrected chi connectivity index (χ1v) is 7.31. The number of aliphatic carboxylic acids is 1. The minimum absolute atomic E-state index is 0.191. The summed E-state index contributed by atoms with van der Waals surface area (Å²) in [6.45, 7) is 0.758. The lowest BCUT2D eigenvalue weighted by atomic mass is 10.1. The summed E-state index contributed by atoms with van der Waals surface area (Å²) in [7, 11) is 0. The lowest BCUT2D eigenvalue weighted by Crippen LogP contribution is -2.36. The number of thioether (sulfide) groups is 1. The van der Waals surface area contributed by atoms with Gasteiger partial charge in [-0.2, -0.15) is 11.8 Å². The Morgan fingerprint density at radius 1 is 1.59 bits per heavy atom. The van der Waals surface area contributed by atoms with Crippen LogP contribution in [-0.4, -0.2) is 28.6 Å². The van der Waals surface area contributed by atoms with Crippen LogP contribution >= 0.6 is 27.7 Å². The standard InChI is InChI=1S/C12H14BrNO2S/c13-9-3-1-2-8(4-9)11-7-17-10(6-14-11)5-12(15)16/h1-4,10-11,14H,5-7H2,(H,15,16). The van der Waals surface area contributed by atoms with Crippen LogP contribution in [-0.2, 0) is 4.79 Å². The fourth-order valence-corrected chi connectivity index (χ4v) is 3.55. The highest BCUT2D eigenvalue weighted by Crippen LogP contribution is 2.28. The number of nitrogens with one attached hydrogen (secondary N) is 1. The van der Waals surface area contributed by atoms with E-state index in [1.54, 1.807) is 11.8 Å². The van der Waals surface area contributed by atoms with Gasteiger partial charge in [-0.05, 0) is 17.7 Å². The Morgan fingerprint density at radius 2 is 2.41 bits per heavy atom. The number of carbonyl (C=O) groups is 1. The summed E-state index contributed by atoms with van der Waals surface area (Å²) >= 11 is 5.20. The number of rotatable bonds is 3. The summed E-state index contributed by atoms with van der Waals surface area (Å²) in [6, 6.07) is 8.56. The molecular formula is C12H14BrNO2S. The zero-order valence-electron chi connectivity index (χ0n) is 9.23. The van der Waals surface area contributed by atoms with Crippen LogP contribution in [0.2, 0.25) is 0 Å². The maximum atomic E-state index is 10.6. The van der Waals surface area contributed by atoms with E-state index < -0.39 is 5.97 Å². The first-order chi connectivity index (χ1) is 8.15. The van der Waals surface area contributed by atoms with Gasteiger partial charge in [0.05, 0.1) is 6.42 Å². The minimum Gasteiger partial charge on any atom is -0.481 e. The van der Waals surface area contributed by atoms with Gasteiger partial charge in [0.2, 0.25) is 0 Å². The van der Waals surface area contributed by atoms with Gasteiger partial charge < -0.3 is 10.4 Å². The lowest BCUT2D eigenvalue weighted by Gasteiger charge is -2.29. The van der Waals surface area contributed by atoms with E-state index >= 15 is 0 Å². The first kappa shape index (κ1) is 12.9. The van der Waals surface area contributed by atoms with Gasteiger partial charge in [0.25, 0.3) is 0 Å². The Labute approximate surface area is 113 Å². The van der Waals surface area contributed by atoms with E-state index in [0.717, 1.165) is 16.8 Å². The van der Waals surface area contributed by atoms with E-state index in [9.17, 15) is 4.79 Å². The van der Waals surface area contributed by atoms with Gasteiger partial charge in [0, 0.05) is 28.1 Å². The van der Waals surface area contributed by atoms with Gasteiger partial charge in [0.15, 0.2) is 0 Å². The first-order valence-electron chi connectivity index (χ1n) is 5.47. The third kappa shape index (κ3) is 3.72. The highest BCUT2D eigenvalue weighted by Gasteiger charge is 2.23. The second-order valence-corrected chi connectivity index (χ2v) is 6.32. The topological polar surface area (TPSA) is 49.3 Å². The predicted octanol–water partition coefficient (Wildman–Crippen LogP) is 2.67. The molecule has 2 atom stereocenters. The number of carboxylic acid groups (broad SMARTS) is 1. The molecule has 1 saturated heterocycles. The van der Waals surface area contributed by atoms with Crippen molar-refractivity contribution in [1.82, 2.24) is 5.32 Å². The molecule has 0 spiro atoms. The van der Waals surface area contributed by atoms with E-state index in [0.29, 0.717) is 6.04 Å². The monoisotopic (exact) mass is 315 g/mol. The zero-order chi connectivity index (χ0) is 12.3. The second-order valence-electron chi connectivity index (χ2n) is 4.07. The maximum Gasteiger partial charge on any atom is 0.304 e. The molecule has 0 saturated carbocycles.